The Hall–Kier alpha value is -1.80. The van der Waals surface area contributed by atoms with E-state index in [0.717, 1.165) is 15.7 Å². The number of nitrogens with zero attached hydrogens (tertiary/aromatic N) is 1. The largest absolute Gasteiger partial charge is 0.360 e. The fourth-order valence-corrected chi connectivity index (χ4v) is 1.63. The first-order valence-electron chi connectivity index (χ1n) is 5.88. The molecular weight excluding hydrogens is 306 g/mol. The molecule has 0 fully saturated rings. The maximum atomic E-state index is 11.7. The van der Waals surface area contributed by atoms with Gasteiger partial charge in [0.2, 0.25) is 0 Å². The third kappa shape index (κ3) is 4.76. The van der Waals surface area contributed by atoms with Crippen LogP contribution in [0.2, 0.25) is 0 Å². The molecule has 2 N–H and O–H groups in total. The normalized spacial score (nSPS) is 11.1. The summed E-state index contributed by atoms with van der Waals surface area (Å²) in [5.41, 5.74) is 1.95. The molecule has 100 valence electrons. The molecule has 0 saturated heterocycles. The van der Waals surface area contributed by atoms with Gasteiger partial charge in [-0.05, 0) is 44.5 Å². The van der Waals surface area contributed by atoms with Crippen LogP contribution in [0.5, 0.6) is 0 Å². The number of hydrogen-bond donors (Lipinski definition) is 2. The number of halogens is 1. The van der Waals surface area contributed by atoms with E-state index >= 15 is 0 Å². The molecule has 0 spiro atoms. The summed E-state index contributed by atoms with van der Waals surface area (Å²) < 4.78 is 1.01. The summed E-state index contributed by atoms with van der Waals surface area (Å²) in [4.78, 5) is 11.7. The van der Waals surface area contributed by atoms with Crippen LogP contribution >= 0.6 is 15.9 Å². The van der Waals surface area contributed by atoms with Crippen LogP contribution in [0.25, 0.3) is 0 Å². The Bertz CT molecular complexity index is 544. The average Bonchev–Trinajstić information content (AvgIpc) is 2.33. The van der Waals surface area contributed by atoms with Crippen LogP contribution in [0, 0.1) is 18.3 Å². The first-order valence-corrected chi connectivity index (χ1v) is 6.67. The predicted molar refractivity (Wildman–Crippen MR) is 79.5 cm³/mol. The van der Waals surface area contributed by atoms with E-state index < -0.39 is 0 Å². The summed E-state index contributed by atoms with van der Waals surface area (Å²) in [5.74, 6) is -0.376. The second kappa shape index (κ2) is 6.95. The van der Waals surface area contributed by atoms with Crippen LogP contribution in [0.4, 0.5) is 5.69 Å². The number of nitrogens with one attached hydrogen (secondary N) is 2. The molecule has 0 bridgehead atoms. The minimum Gasteiger partial charge on any atom is -0.360 e. The van der Waals surface area contributed by atoms with Crippen molar-refractivity contribution in [3.05, 3.63) is 40.0 Å². The Morgan fingerprint density at radius 3 is 2.68 bits per heavy atom. The zero-order valence-corrected chi connectivity index (χ0v) is 12.7. The molecular formula is C14H16BrN3O. The average molecular weight is 322 g/mol. The van der Waals surface area contributed by atoms with Crippen LogP contribution in [0.1, 0.15) is 19.4 Å². The minimum atomic E-state index is -0.376. The number of anilines is 1. The van der Waals surface area contributed by atoms with Gasteiger partial charge in [-0.1, -0.05) is 15.9 Å². The van der Waals surface area contributed by atoms with Gasteiger partial charge in [0.25, 0.3) is 5.91 Å². The number of nitriles is 1. The highest BCUT2D eigenvalue weighted by atomic mass is 79.9. The van der Waals surface area contributed by atoms with Crippen LogP contribution < -0.4 is 10.6 Å². The number of carbonyl (C=O) groups is 1. The third-order valence-corrected chi connectivity index (χ3v) is 3.22. The summed E-state index contributed by atoms with van der Waals surface area (Å²) in [6, 6.07) is 7.58. The van der Waals surface area contributed by atoms with Crippen LogP contribution in [-0.2, 0) is 4.79 Å². The van der Waals surface area contributed by atoms with Crippen molar-refractivity contribution in [3.63, 3.8) is 0 Å². The van der Waals surface area contributed by atoms with Crippen molar-refractivity contribution < 1.29 is 4.79 Å². The topological polar surface area (TPSA) is 64.9 Å². The van der Waals surface area contributed by atoms with Crippen molar-refractivity contribution in [2.24, 2.45) is 0 Å². The maximum absolute atomic E-state index is 11.7. The van der Waals surface area contributed by atoms with Crippen molar-refractivity contribution in [3.8, 4) is 6.07 Å². The van der Waals surface area contributed by atoms with Crippen molar-refractivity contribution in [2.75, 3.05) is 5.32 Å². The van der Waals surface area contributed by atoms with Gasteiger partial charge in [0, 0.05) is 22.4 Å². The van der Waals surface area contributed by atoms with E-state index in [4.69, 9.17) is 5.26 Å². The minimum absolute atomic E-state index is 0.000764. The number of benzene rings is 1. The Labute approximate surface area is 121 Å². The van der Waals surface area contributed by atoms with Gasteiger partial charge in [-0.3, -0.25) is 4.79 Å². The summed E-state index contributed by atoms with van der Waals surface area (Å²) in [7, 11) is 0. The lowest BCUT2D eigenvalue weighted by molar-refractivity contribution is -0.117. The van der Waals surface area contributed by atoms with Gasteiger partial charge in [-0.2, -0.15) is 5.26 Å². The van der Waals surface area contributed by atoms with Crippen molar-refractivity contribution in [1.82, 2.24) is 5.32 Å². The second-order valence-electron chi connectivity index (χ2n) is 4.41. The number of hydrogen-bond acceptors (Lipinski definition) is 3. The first kappa shape index (κ1) is 15.3. The molecule has 0 radical (unpaired) electrons. The standard InChI is InChI=1S/C14H16BrN3O/c1-9(2)18-14(19)11(7-16)8-17-12-4-5-13(15)10(3)6-12/h4-6,8-9,17H,1-3H3,(H,18,19)/b11-8-. The van der Waals surface area contributed by atoms with E-state index in [-0.39, 0.29) is 17.5 Å². The first-order chi connectivity index (χ1) is 8.93. The van der Waals surface area contributed by atoms with Gasteiger partial charge in [0.05, 0.1) is 0 Å². The third-order valence-electron chi connectivity index (χ3n) is 2.33. The number of carbonyl (C=O) groups excluding carboxylic acids is 1. The molecule has 1 aromatic rings. The summed E-state index contributed by atoms with van der Waals surface area (Å²) in [6.07, 6.45) is 1.42. The highest BCUT2D eigenvalue weighted by molar-refractivity contribution is 9.10. The lowest BCUT2D eigenvalue weighted by Crippen LogP contribution is -2.31. The molecule has 1 rings (SSSR count). The molecule has 0 heterocycles. The highest BCUT2D eigenvalue weighted by Crippen LogP contribution is 2.20. The quantitative estimate of drug-likeness (QED) is 0.661. The van der Waals surface area contributed by atoms with E-state index in [1.807, 2.05) is 45.0 Å². The lowest BCUT2D eigenvalue weighted by atomic mass is 10.2. The van der Waals surface area contributed by atoms with Crippen molar-refractivity contribution >= 4 is 27.5 Å². The Morgan fingerprint density at radius 2 is 2.16 bits per heavy atom. The Balaban J connectivity index is 2.80. The Kier molecular flexibility index (Phi) is 5.58. The molecule has 0 unspecified atom stereocenters. The zero-order chi connectivity index (χ0) is 14.4. The SMILES string of the molecule is Cc1cc(N/C=C(/C#N)C(=O)NC(C)C)ccc1Br. The summed E-state index contributed by atoms with van der Waals surface area (Å²) in [6.45, 7) is 5.66. The van der Waals surface area contributed by atoms with Gasteiger partial charge in [-0.25, -0.2) is 0 Å². The second-order valence-corrected chi connectivity index (χ2v) is 5.26. The van der Waals surface area contributed by atoms with Gasteiger partial charge in [0.15, 0.2) is 0 Å². The molecule has 0 aliphatic heterocycles. The number of aryl methyl sites for hydroxylation is 1. The Morgan fingerprint density at radius 1 is 1.47 bits per heavy atom. The molecule has 1 amide bonds. The molecule has 1 aromatic carbocycles. The van der Waals surface area contributed by atoms with Crippen LogP contribution in [0.3, 0.4) is 0 Å². The fraction of sp³-hybridized carbons (Fsp3) is 0.286. The monoisotopic (exact) mass is 321 g/mol. The smallest absolute Gasteiger partial charge is 0.263 e. The van der Waals surface area contributed by atoms with Crippen LogP contribution in [0.15, 0.2) is 34.4 Å². The molecule has 0 aromatic heterocycles. The maximum Gasteiger partial charge on any atom is 0.263 e. The van der Waals surface area contributed by atoms with Crippen molar-refractivity contribution in [1.29, 1.82) is 5.26 Å². The summed E-state index contributed by atoms with van der Waals surface area (Å²) in [5, 5.41) is 14.6. The molecule has 0 saturated carbocycles. The predicted octanol–water partition coefficient (Wildman–Crippen LogP) is 3.10. The molecule has 19 heavy (non-hydrogen) atoms. The number of rotatable bonds is 4. The molecule has 0 aliphatic rings. The highest BCUT2D eigenvalue weighted by Gasteiger charge is 2.09. The van der Waals surface area contributed by atoms with Gasteiger partial charge in [-0.15, -0.1) is 0 Å². The van der Waals surface area contributed by atoms with E-state index in [1.54, 1.807) is 0 Å². The van der Waals surface area contributed by atoms with E-state index in [1.165, 1.54) is 6.20 Å². The number of amides is 1. The lowest BCUT2D eigenvalue weighted by Gasteiger charge is -2.08. The van der Waals surface area contributed by atoms with E-state index in [9.17, 15) is 4.79 Å². The molecule has 4 nitrogen and oxygen atoms in total. The molecule has 0 atom stereocenters. The van der Waals surface area contributed by atoms with E-state index in [2.05, 4.69) is 26.6 Å². The van der Waals surface area contributed by atoms with Crippen LogP contribution in [-0.4, -0.2) is 11.9 Å². The van der Waals surface area contributed by atoms with Gasteiger partial charge in [0.1, 0.15) is 11.6 Å². The van der Waals surface area contributed by atoms with Gasteiger partial charge < -0.3 is 10.6 Å². The zero-order valence-electron chi connectivity index (χ0n) is 11.1. The van der Waals surface area contributed by atoms with Gasteiger partial charge >= 0.3 is 0 Å². The van der Waals surface area contributed by atoms with E-state index in [0.29, 0.717) is 0 Å². The molecule has 5 heteroatoms. The van der Waals surface area contributed by atoms with Crippen molar-refractivity contribution in [2.45, 2.75) is 26.8 Å². The fourth-order valence-electron chi connectivity index (χ4n) is 1.38. The molecule has 0 aliphatic carbocycles. The summed E-state index contributed by atoms with van der Waals surface area (Å²) >= 11 is 3.41.